The first-order valence-corrected chi connectivity index (χ1v) is 6.97. The van der Waals surface area contributed by atoms with Gasteiger partial charge in [0, 0.05) is 31.9 Å². The third-order valence-corrected chi connectivity index (χ3v) is 3.59. The summed E-state index contributed by atoms with van der Waals surface area (Å²) in [7, 11) is 0. The summed E-state index contributed by atoms with van der Waals surface area (Å²) in [5, 5.41) is 9.94. The van der Waals surface area contributed by atoms with Gasteiger partial charge in [0.05, 0.1) is 11.7 Å². The fourth-order valence-corrected chi connectivity index (χ4v) is 2.49. The monoisotopic (exact) mass is 288 g/mol. The van der Waals surface area contributed by atoms with Crippen molar-refractivity contribution in [2.75, 3.05) is 6.54 Å². The molecule has 0 radical (unpaired) electrons. The normalized spacial score (nSPS) is 21.4. The smallest absolute Gasteiger partial charge is 0.237 e. The van der Waals surface area contributed by atoms with Gasteiger partial charge in [0.1, 0.15) is 6.17 Å². The molecule has 1 aromatic carbocycles. The molecule has 2 heterocycles. The van der Waals surface area contributed by atoms with Gasteiger partial charge in [0.2, 0.25) is 5.91 Å². The number of carbonyl (C=O) groups excluding carboxylic acids is 1. The summed E-state index contributed by atoms with van der Waals surface area (Å²) in [5.74, 6) is -0.162. The van der Waals surface area contributed by atoms with Crippen LogP contribution in [0.5, 0.6) is 0 Å². The van der Waals surface area contributed by atoms with E-state index >= 15 is 0 Å². The van der Waals surface area contributed by atoms with Crippen LogP contribution in [0.3, 0.4) is 0 Å². The van der Waals surface area contributed by atoms with Gasteiger partial charge >= 0.3 is 0 Å². The summed E-state index contributed by atoms with van der Waals surface area (Å²) < 4.78 is 14.8. The largest absolute Gasteiger partial charge is 0.351 e. The van der Waals surface area contributed by atoms with E-state index in [2.05, 4.69) is 15.7 Å². The van der Waals surface area contributed by atoms with Gasteiger partial charge in [0.15, 0.2) is 0 Å². The third kappa shape index (κ3) is 3.11. The van der Waals surface area contributed by atoms with Crippen molar-refractivity contribution in [2.24, 2.45) is 0 Å². The van der Waals surface area contributed by atoms with Gasteiger partial charge in [-0.3, -0.25) is 4.79 Å². The quantitative estimate of drug-likeness (QED) is 0.888. The van der Waals surface area contributed by atoms with Crippen LogP contribution < -0.4 is 10.6 Å². The van der Waals surface area contributed by atoms with Crippen molar-refractivity contribution in [1.29, 1.82) is 0 Å². The average molecular weight is 288 g/mol. The van der Waals surface area contributed by atoms with Crippen LogP contribution in [0.1, 0.15) is 12.0 Å². The lowest BCUT2D eigenvalue weighted by molar-refractivity contribution is -0.123. The SMILES string of the molecule is O=C(NCc1ccccc1-n1cccn1)[C@H]1C[C@H](F)CN1. The van der Waals surface area contributed by atoms with Crippen molar-refractivity contribution in [3.63, 3.8) is 0 Å². The third-order valence-electron chi connectivity index (χ3n) is 3.59. The molecule has 6 heteroatoms. The molecule has 1 aromatic heterocycles. The zero-order valence-electron chi connectivity index (χ0n) is 11.5. The van der Waals surface area contributed by atoms with Crippen molar-refractivity contribution in [2.45, 2.75) is 25.2 Å². The Kier molecular flexibility index (Phi) is 3.96. The van der Waals surface area contributed by atoms with Gasteiger partial charge in [-0.15, -0.1) is 0 Å². The molecule has 21 heavy (non-hydrogen) atoms. The molecule has 0 bridgehead atoms. The predicted molar refractivity (Wildman–Crippen MR) is 76.7 cm³/mol. The molecule has 2 aromatic rings. The van der Waals surface area contributed by atoms with E-state index in [1.165, 1.54) is 0 Å². The topological polar surface area (TPSA) is 59.0 Å². The molecule has 1 aliphatic rings. The van der Waals surface area contributed by atoms with Gasteiger partial charge < -0.3 is 10.6 Å². The molecule has 2 atom stereocenters. The maximum absolute atomic E-state index is 13.1. The number of nitrogens with zero attached hydrogens (tertiary/aromatic N) is 2. The molecule has 1 fully saturated rings. The van der Waals surface area contributed by atoms with E-state index in [4.69, 9.17) is 0 Å². The summed E-state index contributed by atoms with van der Waals surface area (Å²) in [6.07, 6.45) is 2.87. The first-order chi connectivity index (χ1) is 10.2. The number of carbonyl (C=O) groups is 1. The van der Waals surface area contributed by atoms with Crippen molar-refractivity contribution in [1.82, 2.24) is 20.4 Å². The highest BCUT2D eigenvalue weighted by atomic mass is 19.1. The number of nitrogens with one attached hydrogen (secondary N) is 2. The molecule has 0 unspecified atom stereocenters. The Morgan fingerprint density at radius 1 is 1.43 bits per heavy atom. The fraction of sp³-hybridized carbons (Fsp3) is 0.333. The van der Waals surface area contributed by atoms with Crippen molar-refractivity contribution < 1.29 is 9.18 Å². The number of rotatable bonds is 4. The summed E-state index contributed by atoms with van der Waals surface area (Å²) in [6.45, 7) is 0.645. The van der Waals surface area contributed by atoms with E-state index in [1.54, 1.807) is 10.9 Å². The fourth-order valence-electron chi connectivity index (χ4n) is 2.49. The van der Waals surface area contributed by atoms with Gasteiger partial charge in [-0.25, -0.2) is 9.07 Å². The second kappa shape index (κ2) is 6.05. The van der Waals surface area contributed by atoms with Crippen molar-refractivity contribution >= 4 is 5.91 Å². The van der Waals surface area contributed by atoms with Gasteiger partial charge in [-0.2, -0.15) is 5.10 Å². The number of hydrogen-bond acceptors (Lipinski definition) is 3. The van der Waals surface area contributed by atoms with Crippen LogP contribution >= 0.6 is 0 Å². The number of aromatic nitrogens is 2. The maximum Gasteiger partial charge on any atom is 0.237 e. The van der Waals surface area contributed by atoms with Crippen molar-refractivity contribution in [3.8, 4) is 5.69 Å². The summed E-state index contributed by atoms with van der Waals surface area (Å²) in [6, 6.07) is 9.14. The number of alkyl halides is 1. The summed E-state index contributed by atoms with van der Waals surface area (Å²) in [4.78, 5) is 12.0. The van der Waals surface area contributed by atoms with Gasteiger partial charge in [-0.1, -0.05) is 18.2 Å². The predicted octanol–water partition coefficient (Wildman–Crippen LogP) is 1.19. The number of hydrogen-bond donors (Lipinski definition) is 2. The zero-order valence-corrected chi connectivity index (χ0v) is 11.5. The van der Waals surface area contributed by atoms with E-state index in [9.17, 15) is 9.18 Å². The minimum Gasteiger partial charge on any atom is -0.351 e. The second-order valence-corrected chi connectivity index (χ2v) is 5.09. The second-order valence-electron chi connectivity index (χ2n) is 5.09. The molecular weight excluding hydrogens is 271 g/mol. The highest BCUT2D eigenvalue weighted by Crippen LogP contribution is 2.14. The lowest BCUT2D eigenvalue weighted by atomic mass is 10.1. The molecule has 5 nitrogen and oxygen atoms in total. The number of benzene rings is 1. The van der Waals surface area contributed by atoms with Gasteiger partial charge in [-0.05, 0) is 17.7 Å². The molecule has 0 aliphatic carbocycles. The lowest BCUT2D eigenvalue weighted by Crippen LogP contribution is -2.40. The van der Waals surface area contributed by atoms with Crippen LogP contribution in [0, 0.1) is 0 Å². The first kappa shape index (κ1) is 13.8. The Bertz CT molecular complexity index is 614. The molecular formula is C15H17FN4O. The Balaban J connectivity index is 1.67. The lowest BCUT2D eigenvalue weighted by Gasteiger charge is -2.13. The summed E-state index contributed by atoms with van der Waals surface area (Å²) >= 11 is 0. The van der Waals surface area contributed by atoms with Crippen LogP contribution in [0.2, 0.25) is 0 Å². The van der Waals surface area contributed by atoms with Crippen LogP contribution in [-0.2, 0) is 11.3 Å². The molecule has 1 saturated heterocycles. The standard InChI is InChI=1S/C15H17FN4O/c16-12-8-13(17-10-12)15(21)18-9-11-4-1-2-5-14(11)20-7-3-6-19-20/h1-7,12-13,17H,8-10H2,(H,18,21)/t12-,13+/m0/s1. The molecule has 110 valence electrons. The molecule has 1 amide bonds. The van der Waals surface area contributed by atoms with E-state index in [-0.39, 0.29) is 18.9 Å². The molecule has 0 spiro atoms. The maximum atomic E-state index is 13.1. The van der Waals surface area contributed by atoms with E-state index in [1.807, 2.05) is 36.5 Å². The van der Waals surface area contributed by atoms with Crippen LogP contribution in [0.4, 0.5) is 4.39 Å². The Labute approximate surface area is 122 Å². The van der Waals surface area contributed by atoms with E-state index in [0.717, 1.165) is 11.3 Å². The number of halogens is 1. The Morgan fingerprint density at radius 2 is 2.29 bits per heavy atom. The first-order valence-electron chi connectivity index (χ1n) is 6.97. The highest BCUT2D eigenvalue weighted by Gasteiger charge is 2.28. The minimum atomic E-state index is -0.933. The van der Waals surface area contributed by atoms with Crippen LogP contribution in [-0.4, -0.2) is 34.4 Å². The van der Waals surface area contributed by atoms with Crippen molar-refractivity contribution in [3.05, 3.63) is 48.3 Å². The Morgan fingerprint density at radius 3 is 3.00 bits per heavy atom. The molecule has 0 saturated carbocycles. The van der Waals surface area contributed by atoms with E-state index < -0.39 is 12.2 Å². The van der Waals surface area contributed by atoms with E-state index in [0.29, 0.717) is 6.54 Å². The van der Waals surface area contributed by atoms with Crippen LogP contribution in [0.15, 0.2) is 42.7 Å². The molecule has 3 rings (SSSR count). The van der Waals surface area contributed by atoms with Crippen LogP contribution in [0.25, 0.3) is 5.69 Å². The number of amides is 1. The Hall–Kier alpha value is -2.21. The molecule has 1 aliphatic heterocycles. The summed E-state index contributed by atoms with van der Waals surface area (Å²) in [5.41, 5.74) is 1.88. The molecule has 2 N–H and O–H groups in total. The minimum absolute atomic E-state index is 0.162. The number of para-hydroxylation sites is 1. The highest BCUT2D eigenvalue weighted by molar-refractivity contribution is 5.82. The average Bonchev–Trinajstić information content (AvgIpc) is 3.16. The zero-order chi connectivity index (χ0) is 14.7. The van der Waals surface area contributed by atoms with Gasteiger partial charge in [0.25, 0.3) is 0 Å².